The van der Waals surface area contributed by atoms with E-state index in [0.29, 0.717) is 16.3 Å². The molecule has 3 rings (SSSR count). The summed E-state index contributed by atoms with van der Waals surface area (Å²) in [5.41, 5.74) is 0.445. The number of methoxy groups -OCH3 is 1. The predicted octanol–water partition coefficient (Wildman–Crippen LogP) is 3.68. The normalized spacial score (nSPS) is 22.6. The Morgan fingerprint density at radius 2 is 2.04 bits per heavy atom. The van der Waals surface area contributed by atoms with Gasteiger partial charge in [-0.3, -0.25) is 0 Å². The maximum Gasteiger partial charge on any atom is 0.376 e. The van der Waals surface area contributed by atoms with Crippen LogP contribution in [-0.4, -0.2) is 19.4 Å². The molecular weight excluding hydrogens is 316 g/mol. The van der Waals surface area contributed by atoms with Gasteiger partial charge >= 0.3 is 12.3 Å². The highest BCUT2D eigenvalue weighted by Gasteiger charge is 2.45. The minimum atomic E-state index is -1.19. The van der Waals surface area contributed by atoms with E-state index in [4.69, 9.17) is 25.8 Å². The molecule has 2 aromatic carbocycles. The van der Waals surface area contributed by atoms with Gasteiger partial charge < -0.3 is 14.2 Å². The number of benzene rings is 2. The second-order valence-electron chi connectivity index (χ2n) is 5.04. The summed E-state index contributed by atoms with van der Waals surface area (Å²) in [6.45, 7) is 3.91. The van der Waals surface area contributed by atoms with Gasteiger partial charge in [0.25, 0.3) is 0 Å². The highest BCUT2D eigenvalue weighted by atomic mass is 35.5. The van der Waals surface area contributed by atoms with Gasteiger partial charge in [-0.25, -0.2) is 4.79 Å². The summed E-state index contributed by atoms with van der Waals surface area (Å²) in [6, 6.07) is 14.6. The van der Waals surface area contributed by atoms with Crippen LogP contribution < -0.4 is 4.74 Å². The number of fused-ring (bicyclic) bond motifs is 1. The zero-order chi connectivity index (χ0) is 16.4. The summed E-state index contributed by atoms with van der Waals surface area (Å²) in [4.78, 5) is 11.9. The van der Waals surface area contributed by atoms with E-state index in [2.05, 4.69) is 6.58 Å². The molecule has 1 aliphatic rings. The third kappa shape index (κ3) is 2.60. The van der Waals surface area contributed by atoms with Crippen molar-refractivity contribution in [2.75, 3.05) is 7.11 Å². The Hall–Kier alpha value is -2.30. The Kier molecular flexibility index (Phi) is 4.11. The van der Waals surface area contributed by atoms with Crippen LogP contribution in [0.25, 0.3) is 0 Å². The number of hydrogen-bond donors (Lipinski definition) is 0. The number of rotatable bonds is 3. The van der Waals surface area contributed by atoms with Crippen molar-refractivity contribution in [1.82, 2.24) is 0 Å². The van der Waals surface area contributed by atoms with Crippen molar-refractivity contribution in [1.29, 1.82) is 0 Å². The molecule has 0 aliphatic carbocycles. The van der Waals surface area contributed by atoms with Crippen molar-refractivity contribution in [3.8, 4) is 5.75 Å². The molecule has 0 bridgehead atoms. The Morgan fingerprint density at radius 1 is 1.30 bits per heavy atom. The molecular formula is C18H15ClO4. The number of carbonyl (C=O) groups is 1. The Morgan fingerprint density at radius 3 is 2.70 bits per heavy atom. The molecule has 2 aromatic rings. The number of carbonyl (C=O) groups excluding carboxylic acids is 1. The molecule has 2 unspecified atom stereocenters. The molecule has 0 amide bonds. The van der Waals surface area contributed by atoms with Crippen molar-refractivity contribution in [3.63, 3.8) is 0 Å². The average molecular weight is 331 g/mol. The molecule has 1 aliphatic heterocycles. The van der Waals surface area contributed by atoms with E-state index >= 15 is 0 Å². The molecule has 0 aromatic heterocycles. The fourth-order valence-electron chi connectivity index (χ4n) is 2.64. The van der Waals surface area contributed by atoms with E-state index in [-0.39, 0.29) is 0 Å². The molecule has 2 atom stereocenters. The Bertz CT molecular complexity index is 744. The molecule has 1 heterocycles. The molecule has 23 heavy (non-hydrogen) atoms. The highest BCUT2D eigenvalue weighted by molar-refractivity contribution is 6.30. The lowest BCUT2D eigenvalue weighted by Crippen LogP contribution is -2.45. The first-order valence-corrected chi connectivity index (χ1v) is 7.40. The highest BCUT2D eigenvalue weighted by Crippen LogP contribution is 2.45. The molecule has 4 nitrogen and oxygen atoms in total. The first-order valence-electron chi connectivity index (χ1n) is 7.02. The third-order valence-electron chi connectivity index (χ3n) is 3.75. The zero-order valence-electron chi connectivity index (χ0n) is 12.5. The van der Waals surface area contributed by atoms with E-state index in [1.807, 2.05) is 30.3 Å². The van der Waals surface area contributed by atoms with Crippen molar-refractivity contribution < 1.29 is 19.0 Å². The maximum atomic E-state index is 11.9. The summed E-state index contributed by atoms with van der Waals surface area (Å²) in [5.74, 6) is -0.118. The van der Waals surface area contributed by atoms with Gasteiger partial charge in [-0.05, 0) is 23.8 Å². The summed E-state index contributed by atoms with van der Waals surface area (Å²) in [7, 11) is 1.28. The van der Waals surface area contributed by atoms with Gasteiger partial charge in [-0.15, -0.1) is 0 Å². The summed E-state index contributed by atoms with van der Waals surface area (Å²) < 4.78 is 16.3. The predicted molar refractivity (Wildman–Crippen MR) is 86.4 cm³/mol. The van der Waals surface area contributed by atoms with Gasteiger partial charge in [-0.1, -0.05) is 54.6 Å². The Labute approximate surface area is 139 Å². The lowest BCUT2D eigenvalue weighted by molar-refractivity contribution is -0.198. The molecule has 5 heteroatoms. The monoisotopic (exact) mass is 330 g/mol. The van der Waals surface area contributed by atoms with E-state index in [1.54, 1.807) is 24.3 Å². The second-order valence-corrected chi connectivity index (χ2v) is 5.47. The topological polar surface area (TPSA) is 44.8 Å². The van der Waals surface area contributed by atoms with Crippen LogP contribution in [0.2, 0.25) is 5.02 Å². The quantitative estimate of drug-likeness (QED) is 0.636. The van der Waals surface area contributed by atoms with E-state index in [9.17, 15) is 4.79 Å². The van der Waals surface area contributed by atoms with Gasteiger partial charge in [0, 0.05) is 10.6 Å². The fourth-order valence-corrected chi connectivity index (χ4v) is 2.82. The smallest absolute Gasteiger partial charge is 0.376 e. The number of esters is 1. The minimum Gasteiger partial charge on any atom is -0.464 e. The molecule has 0 fully saturated rings. The molecule has 0 spiro atoms. The van der Waals surface area contributed by atoms with E-state index < -0.39 is 17.9 Å². The van der Waals surface area contributed by atoms with Crippen LogP contribution in [0, 0.1) is 0 Å². The van der Waals surface area contributed by atoms with Crippen molar-refractivity contribution in [2.24, 2.45) is 0 Å². The van der Waals surface area contributed by atoms with Crippen LogP contribution in [0.1, 0.15) is 11.1 Å². The van der Waals surface area contributed by atoms with Crippen molar-refractivity contribution in [2.45, 2.75) is 11.9 Å². The number of hydrogen-bond acceptors (Lipinski definition) is 4. The van der Waals surface area contributed by atoms with Gasteiger partial charge in [0.2, 0.25) is 0 Å². The number of ether oxygens (including phenoxy) is 3. The zero-order valence-corrected chi connectivity index (χ0v) is 13.2. The SMILES string of the molecule is C=CC1(c2ccccc2)OC(C(=O)OC)Oc2ccc(Cl)cc21. The van der Waals surface area contributed by atoms with Crippen LogP contribution in [0.4, 0.5) is 0 Å². The molecule has 0 saturated heterocycles. The van der Waals surface area contributed by atoms with Crippen LogP contribution in [0.5, 0.6) is 5.75 Å². The minimum absolute atomic E-state index is 0.500. The fraction of sp³-hybridized carbons (Fsp3) is 0.167. The maximum absolute atomic E-state index is 11.9. The summed E-state index contributed by atoms with van der Waals surface area (Å²) in [5, 5.41) is 0.537. The van der Waals surface area contributed by atoms with E-state index in [1.165, 1.54) is 7.11 Å². The lowest BCUT2D eigenvalue weighted by Gasteiger charge is -2.40. The van der Waals surface area contributed by atoms with Crippen molar-refractivity contribution >= 4 is 17.6 Å². The van der Waals surface area contributed by atoms with E-state index in [0.717, 1.165) is 5.56 Å². The number of halogens is 1. The van der Waals surface area contributed by atoms with Crippen LogP contribution in [0.15, 0.2) is 61.2 Å². The molecule has 118 valence electrons. The van der Waals surface area contributed by atoms with Crippen molar-refractivity contribution in [3.05, 3.63) is 77.3 Å². The average Bonchev–Trinajstić information content (AvgIpc) is 2.61. The first-order chi connectivity index (χ1) is 11.1. The van der Waals surface area contributed by atoms with Gasteiger partial charge in [0.15, 0.2) is 0 Å². The first kappa shape index (κ1) is 15.6. The summed E-state index contributed by atoms with van der Waals surface area (Å²) in [6.07, 6.45) is 0.447. The van der Waals surface area contributed by atoms with Gasteiger partial charge in [0.1, 0.15) is 11.4 Å². The van der Waals surface area contributed by atoms with Gasteiger partial charge in [-0.2, -0.15) is 0 Å². The third-order valence-corrected chi connectivity index (χ3v) is 3.99. The Balaban J connectivity index is 2.22. The van der Waals surface area contributed by atoms with Crippen LogP contribution in [0.3, 0.4) is 0 Å². The van der Waals surface area contributed by atoms with Gasteiger partial charge in [0.05, 0.1) is 7.11 Å². The lowest BCUT2D eigenvalue weighted by atomic mass is 9.84. The van der Waals surface area contributed by atoms with Crippen LogP contribution >= 0.6 is 11.6 Å². The van der Waals surface area contributed by atoms with Crippen LogP contribution in [-0.2, 0) is 19.9 Å². The molecule has 0 radical (unpaired) electrons. The molecule has 0 saturated carbocycles. The second kappa shape index (κ2) is 6.07. The summed E-state index contributed by atoms with van der Waals surface area (Å²) >= 11 is 6.14. The standard InChI is InChI=1S/C18H15ClO4/c1-3-18(12-7-5-4-6-8-12)14-11-13(19)9-10-15(14)22-17(23-18)16(20)21-2/h3-11,17H,1H2,2H3. The molecule has 0 N–H and O–H groups in total. The largest absolute Gasteiger partial charge is 0.464 e.